The molecule has 0 bridgehead atoms. The van der Waals surface area contributed by atoms with E-state index in [1.807, 2.05) is 13.8 Å². The zero-order valence-corrected chi connectivity index (χ0v) is 12.1. The molecule has 1 atom stereocenters. The summed E-state index contributed by atoms with van der Waals surface area (Å²) in [7, 11) is 0. The number of thioether (sulfide) groups is 1. The Morgan fingerprint density at radius 3 is 2.42 bits per heavy atom. The van der Waals surface area contributed by atoms with Gasteiger partial charge in [-0.05, 0) is 12.3 Å². The number of hydrogen-bond acceptors (Lipinski definition) is 6. The number of carbonyl (C=O) groups excluding carboxylic acids is 4. The Morgan fingerprint density at radius 1 is 1.32 bits per heavy atom. The fourth-order valence-electron chi connectivity index (χ4n) is 1.45. The van der Waals surface area contributed by atoms with Crippen LogP contribution in [0.2, 0.25) is 0 Å². The van der Waals surface area contributed by atoms with Gasteiger partial charge in [0.1, 0.15) is 12.6 Å². The van der Waals surface area contributed by atoms with Crippen LogP contribution in [-0.4, -0.2) is 59.9 Å². The molecule has 0 aromatic heterocycles. The Morgan fingerprint density at radius 2 is 2.00 bits per heavy atom. The van der Waals surface area contributed by atoms with Crippen molar-refractivity contribution in [3.63, 3.8) is 0 Å². The highest BCUT2D eigenvalue weighted by Crippen LogP contribution is 2.24. The molecule has 19 heavy (non-hydrogen) atoms. The minimum absolute atomic E-state index is 0.0988. The van der Waals surface area contributed by atoms with E-state index in [0.717, 1.165) is 23.5 Å². The molecule has 0 spiro atoms. The van der Waals surface area contributed by atoms with Crippen molar-refractivity contribution in [3.05, 3.63) is 0 Å². The van der Waals surface area contributed by atoms with E-state index in [1.165, 1.54) is 11.8 Å². The van der Waals surface area contributed by atoms with E-state index >= 15 is 0 Å². The quantitative estimate of drug-likeness (QED) is 0.399. The summed E-state index contributed by atoms with van der Waals surface area (Å²) in [4.78, 5) is 43.3. The Labute approximate surface area is 117 Å². The topological polar surface area (TPSA) is 83.6 Å². The molecule has 0 radical (unpaired) electrons. The molecule has 1 aliphatic rings. The molecule has 1 N–H and O–H groups in total. The fourth-order valence-corrected chi connectivity index (χ4v) is 2.39. The standard InChI is InChI=1S/C8H11NO3S.C4H9NO/c1-2-13-6-5-7(11)9(3-4-10)8(6)12;1-2-5-3-4-6/h4,6H,2-3,5H2,1H3;4-5H,2-3H2,1H3. The number of rotatable bonds is 7. The molecule has 1 heterocycles. The van der Waals surface area contributed by atoms with Crippen LogP contribution in [0.4, 0.5) is 0 Å². The van der Waals surface area contributed by atoms with Gasteiger partial charge in [-0.3, -0.25) is 14.5 Å². The number of likely N-dealkylation sites (tertiary alicyclic amines) is 1. The van der Waals surface area contributed by atoms with Crippen molar-refractivity contribution in [3.8, 4) is 0 Å². The summed E-state index contributed by atoms with van der Waals surface area (Å²) in [5, 5.41) is 2.56. The molecule has 108 valence electrons. The lowest BCUT2D eigenvalue weighted by Crippen LogP contribution is -2.32. The van der Waals surface area contributed by atoms with Crippen molar-refractivity contribution in [1.29, 1.82) is 0 Å². The molecule has 2 amide bonds. The minimum Gasteiger partial charge on any atom is -0.311 e. The molecular formula is C12H20N2O4S. The molecule has 0 aromatic carbocycles. The third-order valence-corrected chi connectivity index (χ3v) is 3.41. The van der Waals surface area contributed by atoms with Gasteiger partial charge in [0.05, 0.1) is 18.3 Å². The number of likely N-dealkylation sites (N-methyl/N-ethyl adjacent to an activating group) is 1. The zero-order chi connectivity index (χ0) is 14.7. The average Bonchev–Trinajstić information content (AvgIpc) is 2.66. The van der Waals surface area contributed by atoms with Gasteiger partial charge in [0.15, 0.2) is 0 Å². The molecule has 1 rings (SSSR count). The average molecular weight is 288 g/mol. The van der Waals surface area contributed by atoms with Crippen LogP contribution in [0.5, 0.6) is 0 Å². The lowest BCUT2D eigenvalue weighted by Gasteiger charge is -2.09. The van der Waals surface area contributed by atoms with Gasteiger partial charge >= 0.3 is 0 Å². The molecule has 1 unspecified atom stereocenters. The van der Waals surface area contributed by atoms with E-state index in [2.05, 4.69) is 5.32 Å². The second kappa shape index (κ2) is 10.7. The molecular weight excluding hydrogens is 268 g/mol. The highest BCUT2D eigenvalue weighted by Gasteiger charge is 2.37. The van der Waals surface area contributed by atoms with Crippen LogP contribution in [0, 0.1) is 0 Å². The van der Waals surface area contributed by atoms with Crippen LogP contribution in [0.1, 0.15) is 20.3 Å². The second-order valence-corrected chi connectivity index (χ2v) is 5.11. The van der Waals surface area contributed by atoms with Crippen LogP contribution in [0.25, 0.3) is 0 Å². The van der Waals surface area contributed by atoms with E-state index in [9.17, 15) is 19.2 Å². The van der Waals surface area contributed by atoms with E-state index in [4.69, 9.17) is 0 Å². The number of imide groups is 1. The van der Waals surface area contributed by atoms with Crippen LogP contribution < -0.4 is 5.32 Å². The summed E-state index contributed by atoms with van der Waals surface area (Å²) < 4.78 is 0. The van der Waals surface area contributed by atoms with Crippen LogP contribution in [0.15, 0.2) is 0 Å². The predicted octanol–water partition coefficient (Wildman–Crippen LogP) is -0.139. The molecule has 0 saturated carbocycles. The summed E-state index contributed by atoms with van der Waals surface area (Å²) in [6.07, 6.45) is 1.67. The van der Waals surface area contributed by atoms with Gasteiger partial charge in [-0.15, -0.1) is 11.8 Å². The molecule has 6 nitrogen and oxygen atoms in total. The van der Waals surface area contributed by atoms with Crippen molar-refractivity contribution >= 4 is 36.1 Å². The lowest BCUT2D eigenvalue weighted by atomic mass is 10.4. The van der Waals surface area contributed by atoms with Crippen molar-refractivity contribution in [2.24, 2.45) is 0 Å². The number of aldehydes is 2. The van der Waals surface area contributed by atoms with Crippen LogP contribution in [-0.2, 0) is 19.2 Å². The minimum atomic E-state index is -0.266. The fraction of sp³-hybridized carbons (Fsp3) is 0.667. The van der Waals surface area contributed by atoms with E-state index in [1.54, 1.807) is 0 Å². The number of amides is 2. The molecule has 7 heteroatoms. The smallest absolute Gasteiger partial charge is 0.243 e. The first kappa shape index (κ1) is 17.8. The van der Waals surface area contributed by atoms with Gasteiger partial charge in [-0.25, -0.2) is 0 Å². The molecule has 1 saturated heterocycles. The number of hydrogen-bond donors (Lipinski definition) is 1. The molecule has 1 aliphatic heterocycles. The van der Waals surface area contributed by atoms with E-state index in [0.29, 0.717) is 12.8 Å². The predicted molar refractivity (Wildman–Crippen MR) is 73.9 cm³/mol. The van der Waals surface area contributed by atoms with Crippen LogP contribution >= 0.6 is 11.8 Å². The highest BCUT2D eigenvalue weighted by molar-refractivity contribution is 8.00. The number of nitrogens with one attached hydrogen (secondary N) is 1. The van der Waals surface area contributed by atoms with Crippen molar-refractivity contribution in [2.45, 2.75) is 25.5 Å². The van der Waals surface area contributed by atoms with Crippen molar-refractivity contribution in [1.82, 2.24) is 10.2 Å². The maximum Gasteiger partial charge on any atom is 0.243 e. The largest absolute Gasteiger partial charge is 0.311 e. The number of nitrogens with zero attached hydrogens (tertiary/aromatic N) is 1. The normalized spacial score (nSPS) is 18.0. The van der Waals surface area contributed by atoms with Gasteiger partial charge in [0.25, 0.3) is 0 Å². The Bertz CT molecular complexity index is 323. The lowest BCUT2D eigenvalue weighted by molar-refractivity contribution is -0.139. The van der Waals surface area contributed by atoms with Gasteiger partial charge < -0.3 is 14.9 Å². The summed E-state index contributed by atoms with van der Waals surface area (Å²) in [6.45, 7) is 5.15. The summed E-state index contributed by atoms with van der Waals surface area (Å²) in [5.74, 6) is 0.352. The van der Waals surface area contributed by atoms with Gasteiger partial charge in [0.2, 0.25) is 11.8 Å². The van der Waals surface area contributed by atoms with Gasteiger partial charge in [-0.2, -0.15) is 0 Å². The first-order valence-corrected chi connectivity index (χ1v) is 7.20. The highest BCUT2D eigenvalue weighted by atomic mass is 32.2. The third-order valence-electron chi connectivity index (χ3n) is 2.31. The van der Waals surface area contributed by atoms with Crippen molar-refractivity contribution in [2.75, 3.05) is 25.4 Å². The maximum absolute atomic E-state index is 11.4. The summed E-state index contributed by atoms with van der Waals surface area (Å²) >= 11 is 1.45. The third kappa shape index (κ3) is 6.49. The Balaban J connectivity index is 0.000000459. The van der Waals surface area contributed by atoms with Gasteiger partial charge in [0, 0.05) is 6.42 Å². The monoisotopic (exact) mass is 288 g/mol. The van der Waals surface area contributed by atoms with E-state index < -0.39 is 0 Å². The number of carbonyl (C=O) groups is 4. The molecule has 0 aromatic rings. The zero-order valence-electron chi connectivity index (χ0n) is 11.3. The first-order valence-electron chi connectivity index (χ1n) is 6.16. The molecule has 0 aliphatic carbocycles. The summed E-state index contributed by atoms with van der Waals surface area (Å²) in [5.41, 5.74) is 0. The van der Waals surface area contributed by atoms with E-state index in [-0.39, 0.29) is 30.0 Å². The second-order valence-electron chi connectivity index (χ2n) is 3.63. The SMILES string of the molecule is CCNCC=O.CCSC1CC(=O)N(CC=O)C1=O. The Kier molecular flexibility index (Phi) is 10.0. The Hall–Kier alpha value is -1.21. The van der Waals surface area contributed by atoms with Crippen LogP contribution in [0.3, 0.4) is 0 Å². The van der Waals surface area contributed by atoms with Gasteiger partial charge in [-0.1, -0.05) is 13.8 Å². The first-order chi connectivity index (χ1) is 9.12. The van der Waals surface area contributed by atoms with Crippen molar-refractivity contribution < 1.29 is 19.2 Å². The molecule has 1 fully saturated rings. The summed E-state index contributed by atoms with van der Waals surface area (Å²) in [6, 6.07) is 0. The maximum atomic E-state index is 11.4.